The summed E-state index contributed by atoms with van der Waals surface area (Å²) in [5, 5.41) is 8.67. The molecule has 0 aliphatic carbocycles. The summed E-state index contributed by atoms with van der Waals surface area (Å²) in [4.78, 5) is 24.4. The first-order valence-corrected chi connectivity index (χ1v) is 6.58. The molecule has 0 radical (unpaired) electrons. The third kappa shape index (κ3) is 4.73. The van der Waals surface area contributed by atoms with Crippen LogP contribution in [0.1, 0.15) is 37.7 Å². The number of carboxylic acid groups (broad SMARTS) is 1. The van der Waals surface area contributed by atoms with Gasteiger partial charge in [-0.25, -0.2) is 0 Å². The summed E-state index contributed by atoms with van der Waals surface area (Å²) in [6.07, 6.45) is 1.67. The van der Waals surface area contributed by atoms with Crippen LogP contribution >= 0.6 is 0 Å². The van der Waals surface area contributed by atoms with Crippen molar-refractivity contribution in [3.63, 3.8) is 0 Å². The lowest BCUT2D eigenvalue weighted by molar-refractivity contribution is -0.138. The Kier molecular flexibility index (Phi) is 6.06. The normalized spacial score (nSPS) is 11.9. The lowest BCUT2D eigenvalue weighted by Gasteiger charge is -2.23. The van der Waals surface area contributed by atoms with Crippen molar-refractivity contribution in [1.82, 2.24) is 4.90 Å². The molecule has 1 aromatic rings. The molecule has 0 saturated heterocycles. The third-order valence-electron chi connectivity index (χ3n) is 3.11. The monoisotopic (exact) mass is 263 g/mol. The summed E-state index contributed by atoms with van der Waals surface area (Å²) >= 11 is 0. The number of carbonyl (C=O) groups is 2. The minimum atomic E-state index is -0.883. The molecule has 1 amide bonds. The number of nitrogens with zero attached hydrogens (tertiary/aromatic N) is 1. The Morgan fingerprint density at radius 1 is 1.26 bits per heavy atom. The zero-order chi connectivity index (χ0) is 14.3. The second kappa shape index (κ2) is 7.56. The van der Waals surface area contributed by atoms with Gasteiger partial charge in [-0.1, -0.05) is 43.7 Å². The highest BCUT2D eigenvalue weighted by molar-refractivity contribution is 5.83. The first-order valence-electron chi connectivity index (χ1n) is 6.58. The van der Waals surface area contributed by atoms with E-state index in [2.05, 4.69) is 0 Å². The van der Waals surface area contributed by atoms with E-state index >= 15 is 0 Å². The van der Waals surface area contributed by atoms with Crippen LogP contribution in [0.2, 0.25) is 0 Å². The van der Waals surface area contributed by atoms with E-state index in [0.29, 0.717) is 0 Å². The number of carboxylic acids is 1. The van der Waals surface area contributed by atoms with Gasteiger partial charge in [0.2, 0.25) is 5.91 Å². The maximum atomic E-state index is 12.4. The molecule has 19 heavy (non-hydrogen) atoms. The summed E-state index contributed by atoms with van der Waals surface area (Å²) in [7, 11) is 1.66. The number of aliphatic carboxylic acids is 1. The molecule has 104 valence electrons. The number of hydrogen-bond donors (Lipinski definition) is 1. The topological polar surface area (TPSA) is 57.6 Å². The number of likely N-dealkylation sites (N-methyl/N-ethyl adjacent to an activating group) is 1. The molecule has 0 saturated carbocycles. The van der Waals surface area contributed by atoms with Crippen LogP contribution in [-0.2, 0) is 9.59 Å². The van der Waals surface area contributed by atoms with Crippen molar-refractivity contribution in [2.45, 2.75) is 32.1 Å². The van der Waals surface area contributed by atoms with Gasteiger partial charge in [0, 0.05) is 13.6 Å². The highest BCUT2D eigenvalue weighted by Crippen LogP contribution is 2.23. The van der Waals surface area contributed by atoms with E-state index in [1.165, 1.54) is 4.90 Å². The molecule has 0 fully saturated rings. The molecule has 4 nitrogen and oxygen atoms in total. The first kappa shape index (κ1) is 15.2. The Morgan fingerprint density at radius 2 is 1.89 bits per heavy atom. The molecule has 1 rings (SSSR count). The molecule has 0 spiro atoms. The molecule has 0 aliphatic heterocycles. The lowest BCUT2D eigenvalue weighted by Crippen LogP contribution is -2.33. The van der Waals surface area contributed by atoms with Crippen molar-refractivity contribution in [2.75, 3.05) is 13.6 Å². The van der Waals surface area contributed by atoms with Gasteiger partial charge < -0.3 is 10.0 Å². The Bertz CT molecular complexity index is 417. The second-order valence-corrected chi connectivity index (χ2v) is 4.66. The van der Waals surface area contributed by atoms with Crippen LogP contribution in [0.25, 0.3) is 0 Å². The predicted octanol–water partition coefficient (Wildman–Crippen LogP) is 2.50. The molecule has 0 aliphatic rings. The van der Waals surface area contributed by atoms with Gasteiger partial charge in [-0.15, -0.1) is 0 Å². The maximum Gasteiger partial charge on any atom is 0.305 e. The standard InChI is InChI=1S/C15H21NO3/c1-3-7-13(12-8-5-4-6-9-12)15(19)16(2)11-10-14(17)18/h4-6,8-9,13H,3,7,10-11H2,1-2H3,(H,17,18). The number of carbonyl (C=O) groups excluding carboxylic acids is 1. The molecular formula is C15H21NO3. The molecule has 1 atom stereocenters. The first-order chi connectivity index (χ1) is 9.06. The molecule has 1 unspecified atom stereocenters. The van der Waals surface area contributed by atoms with Crippen LogP contribution in [0.3, 0.4) is 0 Å². The van der Waals surface area contributed by atoms with Crippen molar-refractivity contribution in [2.24, 2.45) is 0 Å². The number of amides is 1. The van der Waals surface area contributed by atoms with Crippen LogP contribution in [-0.4, -0.2) is 35.5 Å². The Balaban J connectivity index is 2.76. The fraction of sp³-hybridized carbons (Fsp3) is 0.467. The minimum Gasteiger partial charge on any atom is -0.481 e. The van der Waals surface area contributed by atoms with E-state index in [1.54, 1.807) is 7.05 Å². The fourth-order valence-corrected chi connectivity index (χ4v) is 2.05. The zero-order valence-electron chi connectivity index (χ0n) is 11.5. The van der Waals surface area contributed by atoms with Crippen LogP contribution in [0.5, 0.6) is 0 Å². The average Bonchev–Trinajstić information content (AvgIpc) is 2.42. The zero-order valence-corrected chi connectivity index (χ0v) is 11.5. The smallest absolute Gasteiger partial charge is 0.305 e. The molecule has 0 bridgehead atoms. The average molecular weight is 263 g/mol. The molecule has 1 N–H and O–H groups in total. The number of hydrogen-bond acceptors (Lipinski definition) is 2. The number of rotatable bonds is 7. The summed E-state index contributed by atoms with van der Waals surface area (Å²) in [6.45, 7) is 2.29. The van der Waals surface area contributed by atoms with Crippen molar-refractivity contribution < 1.29 is 14.7 Å². The van der Waals surface area contributed by atoms with Gasteiger partial charge in [0.1, 0.15) is 0 Å². The van der Waals surface area contributed by atoms with Gasteiger partial charge in [-0.05, 0) is 12.0 Å². The van der Waals surface area contributed by atoms with Crippen molar-refractivity contribution >= 4 is 11.9 Å². The molecule has 0 aromatic heterocycles. The van der Waals surface area contributed by atoms with E-state index in [-0.39, 0.29) is 24.8 Å². The van der Waals surface area contributed by atoms with E-state index in [4.69, 9.17) is 5.11 Å². The maximum absolute atomic E-state index is 12.4. The Labute approximate surface area is 114 Å². The van der Waals surface area contributed by atoms with Crippen LogP contribution < -0.4 is 0 Å². The summed E-state index contributed by atoms with van der Waals surface area (Å²) < 4.78 is 0. The second-order valence-electron chi connectivity index (χ2n) is 4.66. The molecule has 1 aromatic carbocycles. The Morgan fingerprint density at radius 3 is 2.42 bits per heavy atom. The van der Waals surface area contributed by atoms with E-state index in [9.17, 15) is 9.59 Å². The largest absolute Gasteiger partial charge is 0.481 e. The van der Waals surface area contributed by atoms with Gasteiger partial charge >= 0.3 is 5.97 Å². The molecule has 0 heterocycles. The van der Waals surface area contributed by atoms with Crippen molar-refractivity contribution in [3.05, 3.63) is 35.9 Å². The van der Waals surface area contributed by atoms with Crippen molar-refractivity contribution in [3.8, 4) is 0 Å². The molecule has 4 heteroatoms. The van der Waals surface area contributed by atoms with Crippen LogP contribution in [0.15, 0.2) is 30.3 Å². The van der Waals surface area contributed by atoms with E-state index in [1.807, 2.05) is 37.3 Å². The van der Waals surface area contributed by atoms with Crippen LogP contribution in [0, 0.1) is 0 Å². The highest BCUT2D eigenvalue weighted by Gasteiger charge is 2.23. The highest BCUT2D eigenvalue weighted by atomic mass is 16.4. The SMILES string of the molecule is CCCC(C(=O)N(C)CCC(=O)O)c1ccccc1. The van der Waals surface area contributed by atoms with E-state index in [0.717, 1.165) is 18.4 Å². The van der Waals surface area contributed by atoms with Gasteiger partial charge in [0.05, 0.1) is 12.3 Å². The van der Waals surface area contributed by atoms with Gasteiger partial charge in [0.25, 0.3) is 0 Å². The summed E-state index contributed by atoms with van der Waals surface area (Å²) in [6, 6.07) is 9.66. The Hall–Kier alpha value is -1.84. The lowest BCUT2D eigenvalue weighted by atomic mass is 9.93. The third-order valence-corrected chi connectivity index (χ3v) is 3.11. The van der Waals surface area contributed by atoms with Crippen molar-refractivity contribution in [1.29, 1.82) is 0 Å². The molecular weight excluding hydrogens is 242 g/mol. The summed E-state index contributed by atoms with van der Waals surface area (Å²) in [5.41, 5.74) is 0.997. The quantitative estimate of drug-likeness (QED) is 0.822. The van der Waals surface area contributed by atoms with Crippen LogP contribution in [0.4, 0.5) is 0 Å². The minimum absolute atomic E-state index is 0.00528. The fourth-order valence-electron chi connectivity index (χ4n) is 2.05. The predicted molar refractivity (Wildman–Crippen MR) is 74.0 cm³/mol. The van der Waals surface area contributed by atoms with E-state index < -0.39 is 5.97 Å². The van der Waals surface area contributed by atoms with Gasteiger partial charge in [-0.3, -0.25) is 9.59 Å². The number of benzene rings is 1. The van der Waals surface area contributed by atoms with Gasteiger partial charge in [0.15, 0.2) is 0 Å². The summed E-state index contributed by atoms with van der Waals surface area (Å²) in [5.74, 6) is -1.06. The van der Waals surface area contributed by atoms with Gasteiger partial charge in [-0.2, -0.15) is 0 Å².